The van der Waals surface area contributed by atoms with Crippen LogP contribution in [0.2, 0.25) is 0 Å². The van der Waals surface area contributed by atoms with Crippen molar-refractivity contribution in [1.82, 2.24) is 5.32 Å². The largest absolute Gasteiger partial charge is 0.480 e. The van der Waals surface area contributed by atoms with Gasteiger partial charge in [-0.3, -0.25) is 10.1 Å². The van der Waals surface area contributed by atoms with Gasteiger partial charge in [0.1, 0.15) is 11.7 Å². The number of carbonyl (C=O) groups excluding carboxylic acids is 1. The van der Waals surface area contributed by atoms with Crippen LogP contribution in [-0.4, -0.2) is 38.8 Å². The summed E-state index contributed by atoms with van der Waals surface area (Å²) < 4.78 is 4.93. The van der Waals surface area contributed by atoms with Crippen molar-refractivity contribution in [1.29, 1.82) is 0 Å². The number of nitrogens with one attached hydrogen (secondary N) is 1. The Balaban J connectivity index is 2.97. The second-order valence-electron chi connectivity index (χ2n) is 5.76. The highest BCUT2D eigenvalue weighted by Crippen LogP contribution is 2.22. The van der Waals surface area contributed by atoms with Crippen molar-refractivity contribution < 1.29 is 29.5 Å². The van der Waals surface area contributed by atoms with E-state index in [2.05, 4.69) is 0 Å². The van der Waals surface area contributed by atoms with Crippen LogP contribution < -0.4 is 5.32 Å². The van der Waals surface area contributed by atoms with Crippen LogP contribution in [0.1, 0.15) is 32.4 Å². The summed E-state index contributed by atoms with van der Waals surface area (Å²) >= 11 is 0. The number of nitrogens with zero attached hydrogens (tertiary/aromatic N) is 1. The van der Waals surface area contributed by atoms with Gasteiger partial charge in [-0.05, 0) is 26.3 Å². The number of aliphatic hydroxyl groups is 1. The first-order valence-corrected chi connectivity index (χ1v) is 6.66. The monoisotopic (exact) mass is 326 g/mol. The fraction of sp³-hybridized carbons (Fsp3) is 0.429. The van der Waals surface area contributed by atoms with Crippen molar-refractivity contribution in [2.45, 2.75) is 38.5 Å². The second kappa shape index (κ2) is 7.05. The molecule has 0 radical (unpaired) electrons. The summed E-state index contributed by atoms with van der Waals surface area (Å²) in [5, 5.41) is 32.1. The number of hydrogen-bond donors (Lipinski definition) is 3. The Labute approximate surface area is 132 Å². The molecule has 9 heteroatoms. The number of carboxylic acid groups (broad SMARTS) is 1. The van der Waals surface area contributed by atoms with Crippen molar-refractivity contribution >= 4 is 17.7 Å². The highest BCUT2D eigenvalue weighted by atomic mass is 16.6. The molecule has 0 saturated carbocycles. The fourth-order valence-electron chi connectivity index (χ4n) is 1.73. The predicted octanol–water partition coefficient (Wildman–Crippen LogP) is 1.61. The normalized spacial score (nSPS) is 13.7. The Bertz CT molecular complexity index is 609. The number of aliphatic carboxylic acids is 1. The first kappa shape index (κ1) is 18.4. The maximum atomic E-state index is 11.7. The quantitative estimate of drug-likeness (QED) is 0.551. The van der Waals surface area contributed by atoms with Gasteiger partial charge < -0.3 is 20.3 Å². The van der Waals surface area contributed by atoms with Crippen molar-refractivity contribution in [2.75, 3.05) is 0 Å². The minimum atomic E-state index is -1.72. The molecule has 0 saturated heterocycles. The van der Waals surface area contributed by atoms with E-state index in [0.29, 0.717) is 0 Å². The van der Waals surface area contributed by atoms with Crippen LogP contribution in [-0.2, 0) is 9.53 Å². The van der Waals surface area contributed by atoms with Crippen LogP contribution in [0.15, 0.2) is 24.3 Å². The zero-order chi connectivity index (χ0) is 17.8. The minimum Gasteiger partial charge on any atom is -0.480 e. The summed E-state index contributed by atoms with van der Waals surface area (Å²) in [5.41, 5.74) is -1.16. The number of carbonyl (C=O) groups is 2. The van der Waals surface area contributed by atoms with Gasteiger partial charge in [-0.2, -0.15) is 0 Å². The van der Waals surface area contributed by atoms with Gasteiger partial charge in [0.15, 0.2) is 6.04 Å². The molecule has 1 rings (SSSR count). The average Bonchev–Trinajstić information content (AvgIpc) is 2.42. The van der Waals surface area contributed by atoms with Gasteiger partial charge in [0.25, 0.3) is 5.69 Å². The van der Waals surface area contributed by atoms with Crippen LogP contribution in [0.3, 0.4) is 0 Å². The highest BCUT2D eigenvalue weighted by molar-refractivity contribution is 5.81. The van der Waals surface area contributed by atoms with Crippen LogP contribution in [0.5, 0.6) is 0 Å². The molecule has 0 bridgehead atoms. The molecular weight excluding hydrogens is 308 g/mol. The molecule has 0 aliphatic carbocycles. The molecule has 0 fully saturated rings. The lowest BCUT2D eigenvalue weighted by atomic mass is 10.0. The number of nitro benzene ring substituents is 1. The topological polar surface area (TPSA) is 139 Å². The fourth-order valence-corrected chi connectivity index (χ4v) is 1.73. The van der Waals surface area contributed by atoms with E-state index in [-0.39, 0.29) is 11.3 Å². The lowest BCUT2D eigenvalue weighted by Crippen LogP contribution is -2.46. The van der Waals surface area contributed by atoms with E-state index >= 15 is 0 Å². The molecule has 1 aromatic rings. The number of alkyl carbamates (subject to hydrolysis) is 1. The van der Waals surface area contributed by atoms with Crippen LogP contribution in [0.25, 0.3) is 0 Å². The van der Waals surface area contributed by atoms with E-state index in [4.69, 9.17) is 9.84 Å². The summed E-state index contributed by atoms with van der Waals surface area (Å²) in [6, 6.07) is 3.16. The van der Waals surface area contributed by atoms with E-state index in [9.17, 15) is 24.8 Å². The van der Waals surface area contributed by atoms with E-state index < -0.39 is 34.7 Å². The molecule has 1 amide bonds. The Morgan fingerprint density at radius 1 is 1.35 bits per heavy atom. The number of hydrogen-bond acceptors (Lipinski definition) is 6. The van der Waals surface area contributed by atoms with E-state index in [0.717, 1.165) is 6.07 Å². The number of aliphatic hydroxyl groups excluding tert-OH is 1. The molecule has 2 atom stereocenters. The average molecular weight is 326 g/mol. The summed E-state index contributed by atoms with van der Waals surface area (Å²) in [5.74, 6) is -1.50. The standard InChI is InChI=1S/C14H18N2O7/c1-14(2,3)23-13(20)15-10(12(18)19)11(17)8-5-4-6-9(7-8)16(21)22/h4-7,10-11,17H,1-3H3,(H,15,20)(H,18,19)/t10-,11+/m0/s1. The summed E-state index contributed by atoms with van der Waals surface area (Å²) in [7, 11) is 0. The molecule has 9 nitrogen and oxygen atoms in total. The van der Waals surface area contributed by atoms with Crippen molar-refractivity contribution in [3.05, 3.63) is 39.9 Å². The Kier molecular flexibility index (Phi) is 5.63. The SMILES string of the molecule is CC(C)(C)OC(=O)N[C@H](C(=O)O)[C@H](O)c1cccc([N+](=O)[O-])c1. The van der Waals surface area contributed by atoms with Gasteiger partial charge in [0.05, 0.1) is 4.92 Å². The lowest BCUT2D eigenvalue weighted by molar-refractivity contribution is -0.385. The maximum absolute atomic E-state index is 11.7. The first-order chi connectivity index (χ1) is 10.5. The molecule has 23 heavy (non-hydrogen) atoms. The Hall–Kier alpha value is -2.68. The van der Waals surface area contributed by atoms with Crippen molar-refractivity contribution in [3.63, 3.8) is 0 Å². The molecule has 3 N–H and O–H groups in total. The van der Waals surface area contributed by atoms with Crippen molar-refractivity contribution in [2.24, 2.45) is 0 Å². The zero-order valence-electron chi connectivity index (χ0n) is 12.8. The third kappa shape index (κ3) is 5.55. The molecular formula is C14H18N2O7. The van der Waals surface area contributed by atoms with Crippen LogP contribution in [0.4, 0.5) is 10.5 Å². The van der Waals surface area contributed by atoms with E-state index in [1.54, 1.807) is 20.8 Å². The van der Waals surface area contributed by atoms with Crippen molar-refractivity contribution in [3.8, 4) is 0 Å². The molecule has 1 aromatic carbocycles. The van der Waals surface area contributed by atoms with Gasteiger partial charge in [-0.1, -0.05) is 12.1 Å². The number of rotatable bonds is 5. The number of ether oxygens (including phenoxy) is 1. The number of non-ortho nitro benzene ring substituents is 1. The number of nitro groups is 1. The van der Waals surface area contributed by atoms with Gasteiger partial charge in [0, 0.05) is 12.1 Å². The summed E-state index contributed by atoms with van der Waals surface area (Å²) in [6.07, 6.45) is -2.70. The predicted molar refractivity (Wildman–Crippen MR) is 78.8 cm³/mol. The maximum Gasteiger partial charge on any atom is 0.408 e. The molecule has 0 spiro atoms. The van der Waals surface area contributed by atoms with Gasteiger partial charge in [0.2, 0.25) is 0 Å². The third-order valence-corrected chi connectivity index (χ3v) is 2.68. The van der Waals surface area contributed by atoms with Crippen LogP contribution in [0, 0.1) is 10.1 Å². The number of amides is 1. The molecule has 126 valence electrons. The van der Waals surface area contributed by atoms with Gasteiger partial charge in [-0.25, -0.2) is 9.59 Å². The molecule has 0 heterocycles. The highest BCUT2D eigenvalue weighted by Gasteiger charge is 2.32. The van der Waals surface area contributed by atoms with Gasteiger partial charge in [-0.15, -0.1) is 0 Å². The Morgan fingerprint density at radius 3 is 2.43 bits per heavy atom. The lowest BCUT2D eigenvalue weighted by Gasteiger charge is -2.24. The molecule has 0 aromatic heterocycles. The smallest absolute Gasteiger partial charge is 0.408 e. The summed E-state index contributed by atoms with van der Waals surface area (Å²) in [6.45, 7) is 4.79. The summed E-state index contributed by atoms with van der Waals surface area (Å²) in [4.78, 5) is 33.0. The van der Waals surface area contributed by atoms with E-state index in [1.165, 1.54) is 18.2 Å². The van der Waals surface area contributed by atoms with Crippen LogP contribution >= 0.6 is 0 Å². The third-order valence-electron chi connectivity index (χ3n) is 2.68. The molecule has 0 unspecified atom stereocenters. The minimum absolute atomic E-state index is 0.0114. The molecule has 0 aliphatic rings. The van der Waals surface area contributed by atoms with E-state index in [1.807, 2.05) is 5.32 Å². The molecule has 0 aliphatic heterocycles. The Morgan fingerprint density at radius 2 is 1.96 bits per heavy atom. The zero-order valence-corrected chi connectivity index (χ0v) is 12.8. The second-order valence-corrected chi connectivity index (χ2v) is 5.76. The number of benzene rings is 1. The first-order valence-electron chi connectivity index (χ1n) is 6.66. The van der Waals surface area contributed by atoms with Gasteiger partial charge >= 0.3 is 12.1 Å². The number of carboxylic acids is 1.